The number of urea groups is 1. The van der Waals surface area contributed by atoms with Gasteiger partial charge >= 0.3 is 6.03 Å². The summed E-state index contributed by atoms with van der Waals surface area (Å²) in [4.78, 5) is 11.9. The highest BCUT2D eigenvalue weighted by atomic mass is 16.5. The molecule has 1 aliphatic carbocycles. The number of aliphatic hydroxyl groups excluding tert-OH is 1. The van der Waals surface area contributed by atoms with E-state index in [-0.39, 0.29) is 24.6 Å². The van der Waals surface area contributed by atoms with Gasteiger partial charge in [-0.25, -0.2) is 4.79 Å². The molecule has 5 heteroatoms. The number of aliphatic hydroxyl groups is 1. The fourth-order valence-corrected chi connectivity index (χ4v) is 2.40. The average Bonchev–Trinajstić information content (AvgIpc) is 2.96. The highest BCUT2D eigenvalue weighted by Gasteiger charge is 2.19. The van der Waals surface area contributed by atoms with Crippen LogP contribution in [0.15, 0.2) is 36.4 Å². The molecule has 0 aliphatic heterocycles. The number of hydrogen-bond acceptors (Lipinski definition) is 3. The summed E-state index contributed by atoms with van der Waals surface area (Å²) in [6.07, 6.45) is 5.62. The number of carbonyl (C=O) groups excluding carboxylic acids is 1. The van der Waals surface area contributed by atoms with Gasteiger partial charge in [-0.15, -0.1) is 0 Å². The maximum absolute atomic E-state index is 11.9. The van der Waals surface area contributed by atoms with E-state index in [1.165, 1.54) is 0 Å². The first-order valence-electron chi connectivity index (χ1n) is 8.16. The van der Waals surface area contributed by atoms with Gasteiger partial charge in [0.05, 0.1) is 6.61 Å². The summed E-state index contributed by atoms with van der Waals surface area (Å²) in [6, 6.07) is 7.09. The smallest absolute Gasteiger partial charge is 0.319 e. The molecule has 0 unspecified atom stereocenters. The van der Waals surface area contributed by atoms with Crippen LogP contribution in [0.5, 0.6) is 5.75 Å². The third-order valence-corrected chi connectivity index (χ3v) is 3.80. The van der Waals surface area contributed by atoms with E-state index in [9.17, 15) is 4.79 Å². The second kappa shape index (κ2) is 8.58. The van der Waals surface area contributed by atoms with Crippen LogP contribution in [0.1, 0.15) is 26.7 Å². The van der Waals surface area contributed by atoms with Gasteiger partial charge in [0.2, 0.25) is 0 Å². The number of ether oxygens (including phenoxy) is 1. The molecule has 1 aromatic rings. The number of benzene rings is 1. The molecule has 0 fully saturated rings. The van der Waals surface area contributed by atoms with Gasteiger partial charge < -0.3 is 20.5 Å². The Morgan fingerprint density at radius 1 is 1.30 bits per heavy atom. The van der Waals surface area contributed by atoms with Crippen molar-refractivity contribution < 1.29 is 14.6 Å². The van der Waals surface area contributed by atoms with Crippen molar-refractivity contribution in [2.75, 3.05) is 18.5 Å². The molecule has 0 heterocycles. The number of amides is 2. The SMILES string of the molecule is CC(C)CCOc1ccc(NC(=O)N[C@@H]2C=C[C@H](CO)C2)cc1. The highest BCUT2D eigenvalue weighted by molar-refractivity contribution is 5.89. The monoisotopic (exact) mass is 318 g/mol. The summed E-state index contributed by atoms with van der Waals surface area (Å²) < 4.78 is 5.65. The molecule has 1 aromatic carbocycles. The second-order valence-electron chi connectivity index (χ2n) is 6.32. The molecule has 0 radical (unpaired) electrons. The van der Waals surface area contributed by atoms with Gasteiger partial charge in [0, 0.05) is 24.3 Å². The number of nitrogens with one attached hydrogen (secondary N) is 2. The summed E-state index contributed by atoms with van der Waals surface area (Å²) in [5, 5.41) is 14.8. The topological polar surface area (TPSA) is 70.6 Å². The zero-order chi connectivity index (χ0) is 16.7. The van der Waals surface area contributed by atoms with E-state index in [2.05, 4.69) is 24.5 Å². The largest absolute Gasteiger partial charge is 0.494 e. The van der Waals surface area contributed by atoms with Crippen LogP contribution in [0.4, 0.5) is 10.5 Å². The van der Waals surface area contributed by atoms with Crippen molar-refractivity contribution in [1.29, 1.82) is 0 Å². The Bertz CT molecular complexity index is 526. The van der Waals surface area contributed by atoms with E-state index in [0.717, 1.165) is 24.3 Å². The van der Waals surface area contributed by atoms with Gasteiger partial charge in [-0.2, -0.15) is 0 Å². The third-order valence-electron chi connectivity index (χ3n) is 3.80. The van der Waals surface area contributed by atoms with Crippen LogP contribution in [-0.2, 0) is 0 Å². The minimum absolute atomic E-state index is 0.0224. The molecule has 0 aromatic heterocycles. The number of rotatable bonds is 7. The molecule has 0 bridgehead atoms. The van der Waals surface area contributed by atoms with Crippen molar-refractivity contribution in [3.63, 3.8) is 0 Å². The summed E-state index contributed by atoms with van der Waals surface area (Å²) in [7, 11) is 0. The molecular formula is C18H26N2O3. The molecule has 23 heavy (non-hydrogen) atoms. The molecule has 3 N–H and O–H groups in total. The second-order valence-corrected chi connectivity index (χ2v) is 6.32. The predicted molar refractivity (Wildman–Crippen MR) is 91.7 cm³/mol. The van der Waals surface area contributed by atoms with Crippen molar-refractivity contribution in [2.24, 2.45) is 11.8 Å². The quantitative estimate of drug-likeness (QED) is 0.676. The van der Waals surface area contributed by atoms with Crippen molar-refractivity contribution in [2.45, 2.75) is 32.7 Å². The van der Waals surface area contributed by atoms with Gasteiger partial charge in [-0.05, 0) is 43.0 Å². The standard InChI is InChI=1S/C18H26N2O3/c1-13(2)9-10-23-17-7-5-15(6-8-17)19-18(22)20-16-4-3-14(11-16)12-21/h3-8,13-14,16,21H,9-12H2,1-2H3,(H2,19,20,22)/t14-,16+/m0/s1. The summed E-state index contributed by atoms with van der Waals surface area (Å²) in [6.45, 7) is 5.15. The fourth-order valence-electron chi connectivity index (χ4n) is 2.40. The van der Waals surface area contributed by atoms with Crippen molar-refractivity contribution in [3.05, 3.63) is 36.4 Å². The van der Waals surface area contributed by atoms with Gasteiger partial charge in [-0.1, -0.05) is 26.0 Å². The average molecular weight is 318 g/mol. The Morgan fingerprint density at radius 2 is 2.04 bits per heavy atom. The van der Waals surface area contributed by atoms with E-state index in [0.29, 0.717) is 12.5 Å². The van der Waals surface area contributed by atoms with Crippen LogP contribution in [0.3, 0.4) is 0 Å². The number of hydrogen-bond donors (Lipinski definition) is 3. The lowest BCUT2D eigenvalue weighted by Crippen LogP contribution is -2.36. The Morgan fingerprint density at radius 3 is 2.65 bits per heavy atom. The Kier molecular flexibility index (Phi) is 6.47. The first kappa shape index (κ1) is 17.3. The van der Waals surface area contributed by atoms with Crippen LogP contribution >= 0.6 is 0 Å². The normalized spacial score (nSPS) is 19.8. The lowest BCUT2D eigenvalue weighted by Gasteiger charge is -2.14. The minimum atomic E-state index is -0.244. The highest BCUT2D eigenvalue weighted by Crippen LogP contribution is 2.18. The molecule has 5 nitrogen and oxygen atoms in total. The fraction of sp³-hybridized carbons (Fsp3) is 0.500. The molecule has 2 amide bonds. The van der Waals surface area contributed by atoms with E-state index in [4.69, 9.17) is 9.84 Å². The van der Waals surface area contributed by atoms with Crippen molar-refractivity contribution in [3.8, 4) is 5.75 Å². The van der Waals surface area contributed by atoms with Crippen LogP contribution in [0.25, 0.3) is 0 Å². The Labute approximate surface area is 137 Å². The van der Waals surface area contributed by atoms with Crippen LogP contribution in [0.2, 0.25) is 0 Å². The minimum Gasteiger partial charge on any atom is -0.494 e. The zero-order valence-corrected chi connectivity index (χ0v) is 13.8. The van der Waals surface area contributed by atoms with Crippen molar-refractivity contribution in [1.82, 2.24) is 5.32 Å². The van der Waals surface area contributed by atoms with E-state index in [1.54, 1.807) is 0 Å². The number of anilines is 1. The molecule has 2 atom stereocenters. The molecule has 2 rings (SSSR count). The molecule has 1 aliphatic rings. The molecule has 0 spiro atoms. The van der Waals surface area contributed by atoms with E-state index in [1.807, 2.05) is 36.4 Å². The number of carbonyl (C=O) groups is 1. The third kappa shape index (κ3) is 5.94. The maximum Gasteiger partial charge on any atom is 0.319 e. The molecule has 0 saturated heterocycles. The van der Waals surface area contributed by atoms with Crippen molar-refractivity contribution >= 4 is 11.7 Å². The van der Waals surface area contributed by atoms with Gasteiger partial charge in [0.1, 0.15) is 5.75 Å². The first-order valence-corrected chi connectivity index (χ1v) is 8.16. The van der Waals surface area contributed by atoms with E-state index >= 15 is 0 Å². The maximum atomic E-state index is 11.9. The lowest BCUT2D eigenvalue weighted by atomic mass is 10.1. The molecule has 0 saturated carbocycles. The van der Waals surface area contributed by atoms with Gasteiger partial charge in [-0.3, -0.25) is 0 Å². The van der Waals surface area contributed by atoms with Gasteiger partial charge in [0.15, 0.2) is 0 Å². The van der Waals surface area contributed by atoms with Crippen LogP contribution in [0, 0.1) is 11.8 Å². The van der Waals surface area contributed by atoms with Crippen LogP contribution in [-0.4, -0.2) is 30.4 Å². The molecular weight excluding hydrogens is 292 g/mol. The first-order chi connectivity index (χ1) is 11.1. The predicted octanol–water partition coefficient (Wildman–Crippen LogP) is 3.17. The Hall–Kier alpha value is -2.01. The van der Waals surface area contributed by atoms with E-state index < -0.39 is 0 Å². The Balaban J connectivity index is 1.74. The van der Waals surface area contributed by atoms with Crippen LogP contribution < -0.4 is 15.4 Å². The lowest BCUT2D eigenvalue weighted by molar-refractivity contribution is 0.238. The van der Waals surface area contributed by atoms with Gasteiger partial charge in [0.25, 0.3) is 0 Å². The molecule has 126 valence electrons. The summed E-state index contributed by atoms with van der Waals surface area (Å²) >= 11 is 0. The summed E-state index contributed by atoms with van der Waals surface area (Å²) in [5.74, 6) is 1.57. The summed E-state index contributed by atoms with van der Waals surface area (Å²) in [5.41, 5.74) is 0.722. The zero-order valence-electron chi connectivity index (χ0n) is 13.8.